The van der Waals surface area contributed by atoms with E-state index in [1.807, 2.05) is 0 Å². The predicted octanol–water partition coefficient (Wildman–Crippen LogP) is 3.34. The highest BCUT2D eigenvalue weighted by Crippen LogP contribution is 2.34. The smallest absolute Gasteiger partial charge is 0.182 e. The van der Waals surface area contributed by atoms with E-state index in [1.165, 1.54) is 19.2 Å². The van der Waals surface area contributed by atoms with E-state index in [-0.39, 0.29) is 11.1 Å². The summed E-state index contributed by atoms with van der Waals surface area (Å²) >= 11 is 0. The molecule has 0 aliphatic rings. The second kappa shape index (κ2) is 4.16. The van der Waals surface area contributed by atoms with Crippen LogP contribution in [0.25, 0.3) is 10.8 Å². The van der Waals surface area contributed by atoms with E-state index in [4.69, 9.17) is 0 Å². The number of halogens is 3. The SMILES string of the molecule is CNc1ccc(F)c2c(NC)c(F)c(F)cc12. The van der Waals surface area contributed by atoms with Gasteiger partial charge in [0, 0.05) is 30.6 Å². The van der Waals surface area contributed by atoms with Crippen LogP contribution in [0.1, 0.15) is 0 Å². The van der Waals surface area contributed by atoms with Gasteiger partial charge in [0.2, 0.25) is 0 Å². The molecule has 0 heterocycles. The van der Waals surface area contributed by atoms with Gasteiger partial charge in [-0.3, -0.25) is 0 Å². The summed E-state index contributed by atoms with van der Waals surface area (Å²) in [4.78, 5) is 0. The fraction of sp³-hybridized carbons (Fsp3) is 0.167. The van der Waals surface area contributed by atoms with Gasteiger partial charge in [0.25, 0.3) is 0 Å². The Morgan fingerprint density at radius 1 is 0.941 bits per heavy atom. The highest BCUT2D eigenvalue weighted by atomic mass is 19.2. The molecule has 0 atom stereocenters. The molecule has 0 bridgehead atoms. The van der Waals surface area contributed by atoms with Crippen LogP contribution in [0.2, 0.25) is 0 Å². The normalized spacial score (nSPS) is 10.6. The highest BCUT2D eigenvalue weighted by Gasteiger charge is 2.17. The molecule has 0 saturated carbocycles. The molecule has 0 fully saturated rings. The Labute approximate surface area is 96.4 Å². The zero-order valence-corrected chi connectivity index (χ0v) is 9.37. The summed E-state index contributed by atoms with van der Waals surface area (Å²) in [6.07, 6.45) is 0. The minimum Gasteiger partial charge on any atom is -0.388 e. The predicted molar refractivity (Wildman–Crippen MR) is 62.9 cm³/mol. The molecule has 2 aromatic rings. The topological polar surface area (TPSA) is 24.1 Å². The summed E-state index contributed by atoms with van der Waals surface area (Å²) in [7, 11) is 3.05. The van der Waals surface area contributed by atoms with Gasteiger partial charge in [0.15, 0.2) is 11.6 Å². The number of benzene rings is 2. The van der Waals surface area contributed by atoms with Crippen LogP contribution in [0, 0.1) is 17.5 Å². The van der Waals surface area contributed by atoms with Crippen LogP contribution < -0.4 is 10.6 Å². The first kappa shape index (κ1) is 11.6. The third kappa shape index (κ3) is 1.67. The van der Waals surface area contributed by atoms with Crippen LogP contribution in [0.15, 0.2) is 18.2 Å². The molecule has 0 amide bonds. The summed E-state index contributed by atoms with van der Waals surface area (Å²) < 4.78 is 40.6. The van der Waals surface area contributed by atoms with Crippen molar-refractivity contribution >= 4 is 22.1 Å². The van der Waals surface area contributed by atoms with Gasteiger partial charge in [-0.1, -0.05) is 0 Å². The standard InChI is InChI=1S/C12H11F3N2/c1-16-9-4-3-7(13)10-6(9)5-8(14)11(15)12(10)17-2/h3-5,16-17H,1-2H3. The van der Waals surface area contributed by atoms with Gasteiger partial charge in [-0.25, -0.2) is 13.2 Å². The molecule has 0 saturated heterocycles. The first-order chi connectivity index (χ1) is 8.10. The van der Waals surface area contributed by atoms with E-state index in [9.17, 15) is 13.2 Å². The van der Waals surface area contributed by atoms with E-state index >= 15 is 0 Å². The Hall–Kier alpha value is -1.91. The van der Waals surface area contributed by atoms with Gasteiger partial charge in [0.05, 0.1) is 5.69 Å². The van der Waals surface area contributed by atoms with Crippen molar-refractivity contribution in [3.8, 4) is 0 Å². The molecule has 17 heavy (non-hydrogen) atoms. The van der Waals surface area contributed by atoms with E-state index in [2.05, 4.69) is 10.6 Å². The van der Waals surface area contributed by atoms with Gasteiger partial charge >= 0.3 is 0 Å². The molecule has 0 radical (unpaired) electrons. The van der Waals surface area contributed by atoms with E-state index < -0.39 is 17.5 Å². The second-order valence-electron chi connectivity index (χ2n) is 3.56. The van der Waals surface area contributed by atoms with E-state index in [0.29, 0.717) is 11.1 Å². The maximum atomic E-state index is 13.7. The summed E-state index contributed by atoms with van der Waals surface area (Å²) in [5.41, 5.74) is 0.367. The molecule has 2 rings (SSSR count). The first-order valence-electron chi connectivity index (χ1n) is 5.05. The molecular weight excluding hydrogens is 229 g/mol. The van der Waals surface area contributed by atoms with Crippen LogP contribution in [0.5, 0.6) is 0 Å². The molecule has 2 aromatic carbocycles. The number of rotatable bonds is 2. The fourth-order valence-electron chi connectivity index (χ4n) is 1.87. The lowest BCUT2D eigenvalue weighted by Crippen LogP contribution is -2.01. The Morgan fingerprint density at radius 2 is 1.65 bits per heavy atom. The minimum atomic E-state index is -1.08. The highest BCUT2D eigenvalue weighted by molar-refractivity contribution is 6.02. The maximum absolute atomic E-state index is 13.7. The average Bonchev–Trinajstić information content (AvgIpc) is 2.32. The van der Waals surface area contributed by atoms with Gasteiger partial charge in [-0.15, -0.1) is 0 Å². The average molecular weight is 240 g/mol. The largest absolute Gasteiger partial charge is 0.388 e. The zero-order valence-electron chi connectivity index (χ0n) is 9.37. The molecule has 0 unspecified atom stereocenters. The second-order valence-corrected chi connectivity index (χ2v) is 3.56. The Morgan fingerprint density at radius 3 is 2.24 bits per heavy atom. The molecular formula is C12H11F3N2. The van der Waals surface area contributed by atoms with Crippen LogP contribution >= 0.6 is 0 Å². The Kier molecular flexibility index (Phi) is 2.83. The summed E-state index contributed by atoms with van der Waals surface area (Å²) in [6, 6.07) is 3.68. The van der Waals surface area contributed by atoms with Crippen molar-refractivity contribution < 1.29 is 13.2 Å². The summed E-state index contributed by atoms with van der Waals surface area (Å²) in [5, 5.41) is 5.64. The monoisotopic (exact) mass is 240 g/mol. The molecule has 90 valence electrons. The number of hydrogen-bond acceptors (Lipinski definition) is 2. The van der Waals surface area contributed by atoms with Crippen molar-refractivity contribution in [1.29, 1.82) is 0 Å². The fourth-order valence-corrected chi connectivity index (χ4v) is 1.87. The number of fused-ring (bicyclic) bond motifs is 1. The number of nitrogens with one attached hydrogen (secondary N) is 2. The number of anilines is 2. The van der Waals surface area contributed by atoms with Crippen LogP contribution in [-0.4, -0.2) is 14.1 Å². The lowest BCUT2D eigenvalue weighted by Gasteiger charge is -2.12. The zero-order chi connectivity index (χ0) is 12.6. The first-order valence-corrected chi connectivity index (χ1v) is 5.05. The van der Waals surface area contributed by atoms with Crippen molar-refractivity contribution in [2.75, 3.05) is 24.7 Å². The quantitative estimate of drug-likeness (QED) is 0.841. The lowest BCUT2D eigenvalue weighted by atomic mass is 10.1. The van der Waals surface area contributed by atoms with Gasteiger partial charge in [0.1, 0.15) is 5.82 Å². The van der Waals surface area contributed by atoms with E-state index in [0.717, 1.165) is 6.07 Å². The van der Waals surface area contributed by atoms with Crippen molar-refractivity contribution in [2.45, 2.75) is 0 Å². The van der Waals surface area contributed by atoms with Crippen LogP contribution in [0.4, 0.5) is 24.5 Å². The Balaban J connectivity index is 2.98. The van der Waals surface area contributed by atoms with Crippen molar-refractivity contribution in [2.24, 2.45) is 0 Å². The van der Waals surface area contributed by atoms with Crippen molar-refractivity contribution in [1.82, 2.24) is 0 Å². The third-order valence-corrected chi connectivity index (χ3v) is 2.66. The molecule has 0 aliphatic carbocycles. The molecule has 0 aliphatic heterocycles. The minimum absolute atomic E-state index is 0.0400. The third-order valence-electron chi connectivity index (χ3n) is 2.66. The van der Waals surface area contributed by atoms with Crippen molar-refractivity contribution in [3.63, 3.8) is 0 Å². The molecule has 0 spiro atoms. The summed E-state index contributed by atoms with van der Waals surface area (Å²) in [6.45, 7) is 0. The van der Waals surface area contributed by atoms with Gasteiger partial charge < -0.3 is 10.6 Å². The maximum Gasteiger partial charge on any atom is 0.182 e. The molecule has 2 N–H and O–H groups in total. The molecule has 0 aromatic heterocycles. The Bertz CT molecular complexity index is 582. The van der Waals surface area contributed by atoms with Gasteiger partial charge in [-0.2, -0.15) is 0 Å². The van der Waals surface area contributed by atoms with Gasteiger partial charge in [-0.05, 0) is 18.2 Å². The van der Waals surface area contributed by atoms with Crippen LogP contribution in [-0.2, 0) is 0 Å². The summed E-state index contributed by atoms with van der Waals surface area (Å²) in [5.74, 6) is -2.68. The van der Waals surface area contributed by atoms with Crippen LogP contribution in [0.3, 0.4) is 0 Å². The van der Waals surface area contributed by atoms with Crippen molar-refractivity contribution in [3.05, 3.63) is 35.7 Å². The number of hydrogen-bond donors (Lipinski definition) is 2. The van der Waals surface area contributed by atoms with E-state index in [1.54, 1.807) is 7.05 Å². The lowest BCUT2D eigenvalue weighted by molar-refractivity contribution is 0.513. The molecule has 5 heteroatoms. The molecule has 2 nitrogen and oxygen atoms in total.